The van der Waals surface area contributed by atoms with Crippen LogP contribution in [0.1, 0.15) is 111 Å². The van der Waals surface area contributed by atoms with E-state index >= 15 is 0 Å². The second-order valence-electron chi connectivity index (χ2n) is 9.95. The van der Waals surface area contributed by atoms with Gasteiger partial charge >= 0.3 is 0 Å². The minimum absolute atomic E-state index is 0.0190. The predicted molar refractivity (Wildman–Crippen MR) is 112 cm³/mol. The molecule has 0 amide bonds. The van der Waals surface area contributed by atoms with Crippen LogP contribution in [0.2, 0.25) is 0 Å². The molecule has 5 atom stereocenters. The average molecular weight is 348 g/mol. The van der Waals surface area contributed by atoms with E-state index in [2.05, 4.69) is 33.4 Å². The van der Waals surface area contributed by atoms with Gasteiger partial charge in [-0.2, -0.15) is 0 Å². The fourth-order valence-electron chi connectivity index (χ4n) is 5.78. The van der Waals surface area contributed by atoms with E-state index in [0.717, 1.165) is 11.8 Å². The van der Waals surface area contributed by atoms with E-state index in [0.29, 0.717) is 11.3 Å². The normalized spacial score (nSPS) is 41.7. The van der Waals surface area contributed by atoms with Crippen molar-refractivity contribution in [2.24, 2.45) is 28.9 Å². The molecule has 2 saturated carbocycles. The van der Waals surface area contributed by atoms with E-state index < -0.39 is 0 Å². The molecule has 2 aliphatic rings. The average Bonchev–Trinajstić information content (AvgIpc) is 2.88. The largest absolute Gasteiger partial charge is 0.325 e. The molecular formula is C24H45N. The molecule has 146 valence electrons. The van der Waals surface area contributed by atoms with E-state index in [9.17, 15) is 0 Å². The summed E-state index contributed by atoms with van der Waals surface area (Å²) in [5, 5.41) is 0. The van der Waals surface area contributed by atoms with Gasteiger partial charge in [0.1, 0.15) is 0 Å². The number of fused-ring (bicyclic) bond motifs is 1. The number of allylic oxidation sites excluding steroid dienone is 1. The molecule has 0 aromatic rings. The summed E-state index contributed by atoms with van der Waals surface area (Å²) in [5.74, 6) is 2.48. The van der Waals surface area contributed by atoms with Crippen molar-refractivity contribution in [3.8, 4) is 0 Å². The molecule has 0 aliphatic heterocycles. The summed E-state index contributed by atoms with van der Waals surface area (Å²) in [6, 6.07) is 0. The number of nitrogens with two attached hydrogens (primary N) is 1. The molecule has 0 spiro atoms. The van der Waals surface area contributed by atoms with Crippen LogP contribution in [-0.4, -0.2) is 5.54 Å². The molecule has 1 heteroatoms. The van der Waals surface area contributed by atoms with Crippen LogP contribution in [0.3, 0.4) is 0 Å². The molecule has 25 heavy (non-hydrogen) atoms. The fourth-order valence-corrected chi connectivity index (χ4v) is 5.78. The molecule has 0 radical (unpaired) electrons. The molecule has 0 saturated heterocycles. The van der Waals surface area contributed by atoms with Gasteiger partial charge in [0, 0.05) is 5.54 Å². The second-order valence-corrected chi connectivity index (χ2v) is 9.95. The lowest BCUT2D eigenvalue weighted by atomic mass is 9.65. The lowest BCUT2D eigenvalue weighted by Crippen LogP contribution is -2.43. The molecule has 2 rings (SSSR count). The first-order chi connectivity index (χ1) is 11.9. The summed E-state index contributed by atoms with van der Waals surface area (Å²) in [6.45, 7) is 11.3. The lowest BCUT2D eigenvalue weighted by Gasteiger charge is -2.41. The van der Waals surface area contributed by atoms with Gasteiger partial charge in [-0.1, -0.05) is 58.4 Å². The molecule has 0 aromatic carbocycles. The Kier molecular flexibility index (Phi) is 8.05. The Bertz CT molecular complexity index is 399. The van der Waals surface area contributed by atoms with E-state index in [4.69, 9.17) is 5.73 Å². The summed E-state index contributed by atoms with van der Waals surface area (Å²) in [6.07, 6.45) is 21.4. The van der Waals surface area contributed by atoms with Gasteiger partial charge in [-0.25, -0.2) is 0 Å². The van der Waals surface area contributed by atoms with Crippen LogP contribution in [0, 0.1) is 23.2 Å². The monoisotopic (exact) mass is 347 g/mol. The molecule has 0 aromatic heterocycles. The first kappa shape index (κ1) is 21.0. The number of rotatable bonds is 3. The number of hydrogen-bond acceptors (Lipinski definition) is 1. The molecule has 5 unspecified atom stereocenters. The quantitative estimate of drug-likeness (QED) is 0.534. The first-order valence-corrected chi connectivity index (χ1v) is 11.3. The topological polar surface area (TPSA) is 26.0 Å². The van der Waals surface area contributed by atoms with Gasteiger partial charge < -0.3 is 5.73 Å². The van der Waals surface area contributed by atoms with Crippen LogP contribution in [0.25, 0.3) is 0 Å². The summed E-state index contributed by atoms with van der Waals surface area (Å²) in [7, 11) is 0. The van der Waals surface area contributed by atoms with Crippen LogP contribution < -0.4 is 5.73 Å². The highest BCUT2D eigenvalue weighted by molar-refractivity contribution is 4.97. The molecule has 1 nitrogen and oxygen atoms in total. The van der Waals surface area contributed by atoms with Gasteiger partial charge in [-0.15, -0.1) is 6.58 Å². The van der Waals surface area contributed by atoms with E-state index in [1.54, 1.807) is 0 Å². The SMILES string of the molecule is C=CCCC1CCC2CCCCCCCCC(C)(N)C(C)CCC12C. The Morgan fingerprint density at radius 2 is 1.60 bits per heavy atom. The third-order valence-electron chi connectivity index (χ3n) is 8.21. The van der Waals surface area contributed by atoms with Crippen LogP contribution in [0.5, 0.6) is 0 Å². The maximum Gasteiger partial charge on any atom is 0.0151 e. The van der Waals surface area contributed by atoms with Crippen molar-refractivity contribution in [2.45, 2.75) is 116 Å². The van der Waals surface area contributed by atoms with Crippen LogP contribution >= 0.6 is 0 Å². The Morgan fingerprint density at radius 1 is 0.920 bits per heavy atom. The van der Waals surface area contributed by atoms with Crippen LogP contribution in [-0.2, 0) is 0 Å². The minimum Gasteiger partial charge on any atom is -0.325 e. The maximum absolute atomic E-state index is 6.75. The molecule has 2 fully saturated rings. The fraction of sp³-hybridized carbons (Fsp3) is 0.917. The van der Waals surface area contributed by atoms with Crippen LogP contribution in [0.4, 0.5) is 0 Å². The van der Waals surface area contributed by atoms with E-state index in [1.807, 2.05) is 0 Å². The smallest absolute Gasteiger partial charge is 0.0151 e. The zero-order chi connectivity index (χ0) is 18.3. The van der Waals surface area contributed by atoms with E-state index in [-0.39, 0.29) is 5.54 Å². The van der Waals surface area contributed by atoms with Crippen molar-refractivity contribution < 1.29 is 0 Å². The van der Waals surface area contributed by atoms with Crippen molar-refractivity contribution in [3.05, 3.63) is 12.7 Å². The standard InChI is InChI=1S/C24H45N/c1-5-6-13-21-15-16-22-14-11-9-7-8-10-12-18-24(4,25)20(2)17-19-23(21,22)3/h5,20-22H,1,6-19,25H2,2-4H3. The van der Waals surface area contributed by atoms with Gasteiger partial charge in [0.25, 0.3) is 0 Å². The Morgan fingerprint density at radius 3 is 2.32 bits per heavy atom. The zero-order valence-corrected chi connectivity index (χ0v) is 17.5. The van der Waals surface area contributed by atoms with Crippen molar-refractivity contribution in [1.29, 1.82) is 0 Å². The van der Waals surface area contributed by atoms with Gasteiger partial charge in [0.15, 0.2) is 0 Å². The van der Waals surface area contributed by atoms with Gasteiger partial charge in [0.05, 0.1) is 0 Å². The van der Waals surface area contributed by atoms with Crippen molar-refractivity contribution >= 4 is 0 Å². The van der Waals surface area contributed by atoms with E-state index in [1.165, 1.54) is 89.9 Å². The molecule has 0 bridgehead atoms. The van der Waals surface area contributed by atoms with Crippen molar-refractivity contribution in [3.63, 3.8) is 0 Å². The van der Waals surface area contributed by atoms with Gasteiger partial charge in [-0.05, 0) is 81.5 Å². The van der Waals surface area contributed by atoms with Gasteiger partial charge in [-0.3, -0.25) is 0 Å². The second kappa shape index (κ2) is 9.58. The third-order valence-corrected chi connectivity index (χ3v) is 8.21. The summed E-state index contributed by atoms with van der Waals surface area (Å²) in [5.41, 5.74) is 7.31. The summed E-state index contributed by atoms with van der Waals surface area (Å²) < 4.78 is 0. The molecule has 0 heterocycles. The lowest BCUT2D eigenvalue weighted by molar-refractivity contribution is 0.106. The Labute approximate surface area is 158 Å². The highest BCUT2D eigenvalue weighted by Gasteiger charge is 2.45. The number of hydrogen-bond donors (Lipinski definition) is 1. The van der Waals surface area contributed by atoms with Crippen molar-refractivity contribution in [1.82, 2.24) is 0 Å². The third kappa shape index (κ3) is 5.59. The molecule has 2 aliphatic carbocycles. The first-order valence-electron chi connectivity index (χ1n) is 11.3. The highest BCUT2D eigenvalue weighted by atomic mass is 14.7. The summed E-state index contributed by atoms with van der Waals surface area (Å²) in [4.78, 5) is 0. The highest BCUT2D eigenvalue weighted by Crippen LogP contribution is 2.55. The zero-order valence-electron chi connectivity index (χ0n) is 17.5. The van der Waals surface area contributed by atoms with Crippen LogP contribution in [0.15, 0.2) is 12.7 Å². The maximum atomic E-state index is 6.75. The summed E-state index contributed by atoms with van der Waals surface area (Å²) >= 11 is 0. The van der Waals surface area contributed by atoms with Crippen molar-refractivity contribution in [2.75, 3.05) is 0 Å². The Hall–Kier alpha value is -0.300. The molecular weight excluding hydrogens is 302 g/mol. The Balaban J connectivity index is 2.09. The minimum atomic E-state index is 0.0190. The van der Waals surface area contributed by atoms with Gasteiger partial charge in [0.2, 0.25) is 0 Å². The molecule has 2 N–H and O–H groups in total. The predicted octanol–water partition coefficient (Wildman–Crippen LogP) is 7.25.